The average Bonchev–Trinajstić information content (AvgIpc) is 2.71. The van der Waals surface area contributed by atoms with E-state index in [0.29, 0.717) is 19.1 Å². The van der Waals surface area contributed by atoms with Crippen molar-refractivity contribution in [3.8, 4) is 0 Å². The largest absolute Gasteiger partial charge is 0.372 e. The summed E-state index contributed by atoms with van der Waals surface area (Å²) < 4.78 is 5.27. The van der Waals surface area contributed by atoms with Gasteiger partial charge in [-0.2, -0.15) is 0 Å². The summed E-state index contributed by atoms with van der Waals surface area (Å²) in [5.74, 6) is 0.459. The number of ether oxygens (including phenoxy) is 1. The van der Waals surface area contributed by atoms with Crippen LogP contribution in [0, 0.1) is 5.92 Å². The van der Waals surface area contributed by atoms with Crippen molar-refractivity contribution >= 4 is 5.91 Å². The first kappa shape index (κ1) is 13.5. The first-order valence-corrected chi connectivity index (χ1v) is 6.35. The Kier molecular flexibility index (Phi) is 6.42. The van der Waals surface area contributed by atoms with Gasteiger partial charge in [-0.3, -0.25) is 4.79 Å². The summed E-state index contributed by atoms with van der Waals surface area (Å²) in [6.45, 7) is 3.64. The second kappa shape index (κ2) is 7.63. The SMILES string of the molecule is CCCCOCC(=O)NC1CCCC1CN. The Morgan fingerprint density at radius 3 is 3.00 bits per heavy atom. The molecule has 1 saturated carbocycles. The Morgan fingerprint density at radius 2 is 2.31 bits per heavy atom. The van der Waals surface area contributed by atoms with Gasteiger partial charge >= 0.3 is 0 Å². The van der Waals surface area contributed by atoms with Crippen LogP contribution in [0.2, 0.25) is 0 Å². The van der Waals surface area contributed by atoms with Crippen LogP contribution in [0.4, 0.5) is 0 Å². The molecule has 2 unspecified atom stereocenters. The Bertz CT molecular complexity index is 209. The molecule has 0 aliphatic heterocycles. The maximum Gasteiger partial charge on any atom is 0.246 e. The minimum atomic E-state index is 0.00135. The molecule has 2 atom stereocenters. The lowest BCUT2D eigenvalue weighted by Crippen LogP contribution is -2.41. The van der Waals surface area contributed by atoms with Crippen LogP contribution < -0.4 is 11.1 Å². The van der Waals surface area contributed by atoms with E-state index in [9.17, 15) is 4.79 Å². The zero-order chi connectivity index (χ0) is 11.8. The highest BCUT2D eigenvalue weighted by Crippen LogP contribution is 2.24. The highest BCUT2D eigenvalue weighted by molar-refractivity contribution is 5.77. The molecule has 4 nitrogen and oxygen atoms in total. The highest BCUT2D eigenvalue weighted by Gasteiger charge is 2.27. The van der Waals surface area contributed by atoms with Crippen LogP contribution in [0.3, 0.4) is 0 Å². The zero-order valence-electron chi connectivity index (χ0n) is 10.2. The molecule has 1 fully saturated rings. The molecule has 1 aliphatic carbocycles. The number of hydrogen-bond acceptors (Lipinski definition) is 3. The van der Waals surface area contributed by atoms with E-state index in [1.807, 2.05) is 0 Å². The molecular weight excluding hydrogens is 204 g/mol. The number of rotatable bonds is 7. The Balaban J connectivity index is 2.13. The van der Waals surface area contributed by atoms with Crippen LogP contribution in [0.25, 0.3) is 0 Å². The molecule has 0 spiro atoms. The number of amides is 1. The van der Waals surface area contributed by atoms with Gasteiger partial charge in [-0.15, -0.1) is 0 Å². The maximum atomic E-state index is 11.5. The molecule has 94 valence electrons. The molecule has 0 saturated heterocycles. The number of hydrogen-bond donors (Lipinski definition) is 2. The summed E-state index contributed by atoms with van der Waals surface area (Å²) in [5, 5.41) is 3.01. The molecule has 1 aliphatic rings. The summed E-state index contributed by atoms with van der Waals surface area (Å²) >= 11 is 0. The number of nitrogens with one attached hydrogen (secondary N) is 1. The maximum absolute atomic E-state index is 11.5. The summed E-state index contributed by atoms with van der Waals surface area (Å²) in [5.41, 5.74) is 5.66. The van der Waals surface area contributed by atoms with Crippen molar-refractivity contribution < 1.29 is 9.53 Å². The van der Waals surface area contributed by atoms with Crippen molar-refractivity contribution in [2.75, 3.05) is 19.8 Å². The summed E-state index contributed by atoms with van der Waals surface area (Å²) in [7, 11) is 0. The van der Waals surface area contributed by atoms with E-state index >= 15 is 0 Å². The second-order valence-electron chi connectivity index (χ2n) is 4.51. The van der Waals surface area contributed by atoms with Crippen molar-refractivity contribution in [1.82, 2.24) is 5.32 Å². The molecule has 0 bridgehead atoms. The number of carbonyl (C=O) groups is 1. The molecule has 0 aromatic rings. The average molecular weight is 228 g/mol. The van der Waals surface area contributed by atoms with E-state index < -0.39 is 0 Å². The van der Waals surface area contributed by atoms with Gasteiger partial charge in [0.1, 0.15) is 6.61 Å². The summed E-state index contributed by atoms with van der Waals surface area (Å²) in [6, 6.07) is 0.271. The van der Waals surface area contributed by atoms with Crippen molar-refractivity contribution in [3.63, 3.8) is 0 Å². The van der Waals surface area contributed by atoms with E-state index in [1.165, 1.54) is 6.42 Å². The van der Waals surface area contributed by atoms with Crippen molar-refractivity contribution in [3.05, 3.63) is 0 Å². The number of unbranched alkanes of at least 4 members (excludes halogenated alkanes) is 1. The van der Waals surface area contributed by atoms with Gasteiger partial charge in [0.05, 0.1) is 0 Å². The monoisotopic (exact) mass is 228 g/mol. The lowest BCUT2D eigenvalue weighted by atomic mass is 10.0. The number of carbonyl (C=O) groups excluding carboxylic acids is 1. The second-order valence-corrected chi connectivity index (χ2v) is 4.51. The summed E-state index contributed by atoms with van der Waals surface area (Å²) in [4.78, 5) is 11.5. The molecule has 4 heteroatoms. The molecular formula is C12H24N2O2. The van der Waals surface area contributed by atoms with E-state index in [-0.39, 0.29) is 18.6 Å². The van der Waals surface area contributed by atoms with Gasteiger partial charge in [-0.25, -0.2) is 0 Å². The Hall–Kier alpha value is -0.610. The van der Waals surface area contributed by atoms with E-state index in [4.69, 9.17) is 10.5 Å². The van der Waals surface area contributed by atoms with E-state index in [2.05, 4.69) is 12.2 Å². The van der Waals surface area contributed by atoms with E-state index in [1.54, 1.807) is 0 Å². The third kappa shape index (κ3) is 4.49. The Morgan fingerprint density at radius 1 is 1.50 bits per heavy atom. The minimum absolute atomic E-state index is 0.00135. The zero-order valence-corrected chi connectivity index (χ0v) is 10.2. The molecule has 0 heterocycles. The fraction of sp³-hybridized carbons (Fsp3) is 0.917. The van der Waals surface area contributed by atoms with Crippen LogP contribution in [0.5, 0.6) is 0 Å². The fourth-order valence-electron chi connectivity index (χ4n) is 2.17. The summed E-state index contributed by atoms with van der Waals surface area (Å²) in [6.07, 6.45) is 5.48. The molecule has 16 heavy (non-hydrogen) atoms. The smallest absolute Gasteiger partial charge is 0.246 e. The first-order chi connectivity index (χ1) is 7.77. The third-order valence-electron chi connectivity index (χ3n) is 3.18. The minimum Gasteiger partial charge on any atom is -0.372 e. The molecule has 0 aromatic carbocycles. The van der Waals surface area contributed by atoms with Gasteiger partial charge < -0.3 is 15.8 Å². The van der Waals surface area contributed by atoms with Gasteiger partial charge in [0, 0.05) is 12.6 Å². The molecule has 1 amide bonds. The quantitative estimate of drug-likeness (QED) is 0.640. The van der Waals surface area contributed by atoms with Crippen LogP contribution in [-0.4, -0.2) is 31.7 Å². The normalized spacial score (nSPS) is 24.6. The topological polar surface area (TPSA) is 64.3 Å². The standard InChI is InChI=1S/C12H24N2O2/c1-2-3-7-16-9-12(15)14-11-6-4-5-10(11)8-13/h10-11H,2-9,13H2,1H3,(H,14,15). The first-order valence-electron chi connectivity index (χ1n) is 6.35. The third-order valence-corrected chi connectivity index (χ3v) is 3.18. The molecule has 3 N–H and O–H groups in total. The van der Waals surface area contributed by atoms with Gasteiger partial charge in [-0.05, 0) is 31.7 Å². The van der Waals surface area contributed by atoms with Gasteiger partial charge in [0.25, 0.3) is 0 Å². The van der Waals surface area contributed by atoms with Crippen LogP contribution >= 0.6 is 0 Å². The predicted molar refractivity (Wildman–Crippen MR) is 64.1 cm³/mol. The van der Waals surface area contributed by atoms with Gasteiger partial charge in [-0.1, -0.05) is 19.8 Å². The van der Waals surface area contributed by atoms with Crippen LogP contribution in [-0.2, 0) is 9.53 Å². The predicted octanol–water partition coefficient (Wildman–Crippen LogP) is 1.05. The van der Waals surface area contributed by atoms with Crippen molar-refractivity contribution in [2.45, 2.75) is 45.1 Å². The van der Waals surface area contributed by atoms with E-state index in [0.717, 1.165) is 25.7 Å². The van der Waals surface area contributed by atoms with Crippen LogP contribution in [0.1, 0.15) is 39.0 Å². The van der Waals surface area contributed by atoms with Gasteiger partial charge in [0.15, 0.2) is 0 Å². The fourth-order valence-corrected chi connectivity index (χ4v) is 2.17. The molecule has 0 radical (unpaired) electrons. The molecule has 1 rings (SSSR count). The van der Waals surface area contributed by atoms with Crippen LogP contribution in [0.15, 0.2) is 0 Å². The van der Waals surface area contributed by atoms with Crippen molar-refractivity contribution in [2.24, 2.45) is 11.7 Å². The highest BCUT2D eigenvalue weighted by atomic mass is 16.5. The molecule has 0 aromatic heterocycles. The Labute approximate surface area is 97.9 Å². The lowest BCUT2D eigenvalue weighted by Gasteiger charge is -2.19. The van der Waals surface area contributed by atoms with Crippen molar-refractivity contribution in [1.29, 1.82) is 0 Å². The lowest BCUT2D eigenvalue weighted by molar-refractivity contribution is -0.126. The van der Waals surface area contributed by atoms with Gasteiger partial charge in [0.2, 0.25) is 5.91 Å². The number of nitrogens with two attached hydrogens (primary N) is 1.